The van der Waals surface area contributed by atoms with Crippen LogP contribution in [0.5, 0.6) is 0 Å². The molecule has 0 saturated carbocycles. The lowest BCUT2D eigenvalue weighted by atomic mass is 10.2. The van der Waals surface area contributed by atoms with E-state index < -0.39 is 12.1 Å². The quantitative estimate of drug-likeness (QED) is 0.518. The second-order valence-corrected chi connectivity index (χ2v) is 4.88. The van der Waals surface area contributed by atoms with Crippen LogP contribution in [0, 0.1) is 0 Å². The molecule has 0 aliphatic heterocycles. The van der Waals surface area contributed by atoms with Crippen molar-refractivity contribution in [2.24, 2.45) is 0 Å². The highest BCUT2D eigenvalue weighted by molar-refractivity contribution is 5.67. The van der Waals surface area contributed by atoms with Crippen molar-refractivity contribution < 1.29 is 15.0 Å². The zero-order valence-corrected chi connectivity index (χ0v) is 11.3. The smallest absolute Gasteiger partial charge is 0.306 e. The van der Waals surface area contributed by atoms with Gasteiger partial charge in [0.05, 0.1) is 12.5 Å². The van der Waals surface area contributed by atoms with Crippen molar-refractivity contribution in [3.63, 3.8) is 0 Å². The molecule has 0 radical (unpaired) electrons. The summed E-state index contributed by atoms with van der Waals surface area (Å²) in [6, 6.07) is 0.974. The van der Waals surface area contributed by atoms with Gasteiger partial charge in [-0.25, -0.2) is 0 Å². The van der Waals surface area contributed by atoms with Crippen LogP contribution < -0.4 is 5.32 Å². The molecule has 102 valence electrons. The van der Waals surface area contributed by atoms with Gasteiger partial charge >= 0.3 is 5.97 Å². The normalized spacial score (nSPS) is 13.6. The van der Waals surface area contributed by atoms with E-state index in [2.05, 4.69) is 37.9 Å². The molecule has 0 fully saturated rings. The van der Waals surface area contributed by atoms with Crippen molar-refractivity contribution in [3.8, 4) is 0 Å². The molecule has 1 unspecified atom stereocenters. The summed E-state index contributed by atoms with van der Waals surface area (Å²) in [5.74, 6) is -0.967. The molecule has 0 aliphatic carbocycles. The summed E-state index contributed by atoms with van der Waals surface area (Å²) < 4.78 is 0. The maximum Gasteiger partial charge on any atom is 0.306 e. The number of carbonyl (C=O) groups is 1. The SMILES string of the molecule is CC(C)N(CCNCC(O)CC(=O)O)C(C)C. The maximum absolute atomic E-state index is 10.3. The minimum absolute atomic E-state index is 0.203. The van der Waals surface area contributed by atoms with E-state index in [-0.39, 0.29) is 6.42 Å². The van der Waals surface area contributed by atoms with Crippen molar-refractivity contribution >= 4 is 5.97 Å². The van der Waals surface area contributed by atoms with Gasteiger partial charge in [0, 0.05) is 31.7 Å². The third-order valence-corrected chi connectivity index (χ3v) is 2.66. The summed E-state index contributed by atoms with van der Waals surface area (Å²) in [6.45, 7) is 10.6. The number of nitrogens with one attached hydrogen (secondary N) is 1. The number of hydrogen-bond acceptors (Lipinski definition) is 4. The molecule has 0 bridgehead atoms. The van der Waals surface area contributed by atoms with E-state index in [1.807, 2.05) is 0 Å². The molecule has 5 heteroatoms. The van der Waals surface area contributed by atoms with Gasteiger partial charge in [0.2, 0.25) is 0 Å². The van der Waals surface area contributed by atoms with Crippen molar-refractivity contribution in [1.29, 1.82) is 0 Å². The summed E-state index contributed by atoms with van der Waals surface area (Å²) >= 11 is 0. The van der Waals surface area contributed by atoms with E-state index in [9.17, 15) is 9.90 Å². The Morgan fingerprint density at radius 2 is 1.76 bits per heavy atom. The second-order valence-electron chi connectivity index (χ2n) is 4.88. The summed E-state index contributed by atoms with van der Waals surface area (Å²) in [5.41, 5.74) is 0. The third kappa shape index (κ3) is 8.12. The van der Waals surface area contributed by atoms with E-state index >= 15 is 0 Å². The van der Waals surface area contributed by atoms with Crippen molar-refractivity contribution in [3.05, 3.63) is 0 Å². The molecular weight excluding hydrogens is 220 g/mol. The zero-order valence-electron chi connectivity index (χ0n) is 11.3. The maximum atomic E-state index is 10.3. The molecule has 3 N–H and O–H groups in total. The Labute approximate surface area is 104 Å². The Bertz CT molecular complexity index is 212. The molecule has 0 aromatic rings. The lowest BCUT2D eigenvalue weighted by molar-refractivity contribution is -0.139. The largest absolute Gasteiger partial charge is 0.481 e. The second kappa shape index (κ2) is 8.44. The molecule has 0 rings (SSSR count). The van der Waals surface area contributed by atoms with Gasteiger partial charge in [-0.15, -0.1) is 0 Å². The number of aliphatic hydroxyl groups excluding tert-OH is 1. The van der Waals surface area contributed by atoms with Gasteiger partial charge in [-0.1, -0.05) is 0 Å². The molecule has 5 nitrogen and oxygen atoms in total. The highest BCUT2D eigenvalue weighted by Crippen LogP contribution is 2.03. The summed E-state index contributed by atoms with van der Waals surface area (Å²) in [7, 11) is 0. The molecule has 0 aliphatic rings. The predicted octanol–water partition coefficient (Wildman–Crippen LogP) is 0.530. The van der Waals surface area contributed by atoms with Crippen molar-refractivity contribution in [2.75, 3.05) is 19.6 Å². The van der Waals surface area contributed by atoms with E-state index in [4.69, 9.17) is 5.11 Å². The van der Waals surface area contributed by atoms with Crippen LogP contribution in [0.2, 0.25) is 0 Å². The number of hydrogen-bond donors (Lipinski definition) is 3. The van der Waals surface area contributed by atoms with Crippen LogP contribution in [0.1, 0.15) is 34.1 Å². The molecule has 0 amide bonds. The first kappa shape index (κ1) is 16.4. The van der Waals surface area contributed by atoms with Crippen LogP contribution in [0.4, 0.5) is 0 Å². The Morgan fingerprint density at radius 3 is 2.18 bits per heavy atom. The van der Waals surface area contributed by atoms with E-state index in [0.29, 0.717) is 18.6 Å². The molecule has 1 atom stereocenters. The zero-order chi connectivity index (χ0) is 13.4. The highest BCUT2D eigenvalue weighted by Gasteiger charge is 2.13. The highest BCUT2D eigenvalue weighted by atomic mass is 16.4. The van der Waals surface area contributed by atoms with E-state index in [1.165, 1.54) is 0 Å². The third-order valence-electron chi connectivity index (χ3n) is 2.66. The summed E-state index contributed by atoms with van der Waals surface area (Å²) in [4.78, 5) is 12.7. The number of rotatable bonds is 9. The minimum Gasteiger partial charge on any atom is -0.481 e. The van der Waals surface area contributed by atoms with E-state index in [0.717, 1.165) is 13.1 Å². The first-order valence-corrected chi connectivity index (χ1v) is 6.21. The monoisotopic (exact) mass is 246 g/mol. The number of carboxylic acid groups (broad SMARTS) is 1. The number of aliphatic carboxylic acids is 1. The average molecular weight is 246 g/mol. The first-order chi connectivity index (χ1) is 7.84. The van der Waals surface area contributed by atoms with Crippen LogP contribution in [-0.4, -0.2) is 58.9 Å². The van der Waals surface area contributed by atoms with Crippen molar-refractivity contribution in [1.82, 2.24) is 10.2 Å². The number of carboxylic acids is 1. The Morgan fingerprint density at radius 1 is 1.24 bits per heavy atom. The topological polar surface area (TPSA) is 72.8 Å². The lowest BCUT2D eigenvalue weighted by Gasteiger charge is -2.30. The van der Waals surface area contributed by atoms with Crippen LogP contribution in [0.15, 0.2) is 0 Å². The number of aliphatic hydroxyl groups is 1. The fourth-order valence-corrected chi connectivity index (χ4v) is 1.86. The van der Waals surface area contributed by atoms with Crippen LogP contribution >= 0.6 is 0 Å². The van der Waals surface area contributed by atoms with Gasteiger partial charge in [-0.3, -0.25) is 9.69 Å². The molecular formula is C12H26N2O3. The molecule has 0 aromatic carbocycles. The standard InChI is InChI=1S/C12H26N2O3/c1-9(2)14(10(3)4)6-5-13-8-11(15)7-12(16)17/h9-11,13,15H,5-8H2,1-4H3,(H,16,17). The van der Waals surface area contributed by atoms with Crippen LogP contribution in [0.3, 0.4) is 0 Å². The van der Waals surface area contributed by atoms with Crippen LogP contribution in [0.25, 0.3) is 0 Å². The molecule has 0 heterocycles. The molecule has 0 spiro atoms. The number of nitrogens with zero attached hydrogens (tertiary/aromatic N) is 1. The first-order valence-electron chi connectivity index (χ1n) is 6.21. The fraction of sp³-hybridized carbons (Fsp3) is 0.917. The van der Waals surface area contributed by atoms with Crippen molar-refractivity contribution in [2.45, 2.75) is 52.3 Å². The molecule has 0 aromatic heterocycles. The minimum atomic E-state index is -0.967. The van der Waals surface area contributed by atoms with Gasteiger partial charge in [-0.2, -0.15) is 0 Å². The molecule has 0 saturated heterocycles. The van der Waals surface area contributed by atoms with E-state index in [1.54, 1.807) is 0 Å². The summed E-state index contributed by atoms with van der Waals surface area (Å²) in [5, 5.41) is 20.9. The van der Waals surface area contributed by atoms with Gasteiger partial charge in [0.25, 0.3) is 0 Å². The predicted molar refractivity (Wildman–Crippen MR) is 68.1 cm³/mol. The molecule has 17 heavy (non-hydrogen) atoms. The van der Waals surface area contributed by atoms with Gasteiger partial charge in [-0.05, 0) is 27.7 Å². The van der Waals surface area contributed by atoms with Gasteiger partial charge in [0.1, 0.15) is 0 Å². The Kier molecular flexibility index (Phi) is 8.12. The summed E-state index contributed by atoms with van der Waals surface area (Å²) in [6.07, 6.45) is -1.01. The van der Waals surface area contributed by atoms with Gasteiger partial charge < -0.3 is 15.5 Å². The Balaban J connectivity index is 3.71. The van der Waals surface area contributed by atoms with Crippen LogP contribution in [-0.2, 0) is 4.79 Å². The Hall–Kier alpha value is -0.650. The van der Waals surface area contributed by atoms with Gasteiger partial charge in [0.15, 0.2) is 0 Å². The average Bonchev–Trinajstić information content (AvgIpc) is 2.14. The lowest BCUT2D eigenvalue weighted by Crippen LogP contribution is -2.42. The fourth-order valence-electron chi connectivity index (χ4n) is 1.86.